The molecular weight excluding hydrogens is 283 g/mol. The second kappa shape index (κ2) is 6.23. The third kappa shape index (κ3) is 4.11. The van der Waals surface area contributed by atoms with Crippen LogP contribution in [0.5, 0.6) is 5.75 Å². The molecular formula is C15H20F3NO2. The Kier molecular flexibility index (Phi) is 4.78. The summed E-state index contributed by atoms with van der Waals surface area (Å²) in [5.74, 6) is -0.207. The smallest absolute Gasteiger partial charge is 0.406 e. The fraction of sp³-hybridized carbons (Fsp3) is 0.600. The number of aliphatic hydroxyl groups is 1. The van der Waals surface area contributed by atoms with Crippen LogP contribution in [0.1, 0.15) is 31.2 Å². The number of nitrogens with one attached hydrogen (secondary N) is 1. The van der Waals surface area contributed by atoms with E-state index in [0.29, 0.717) is 12.8 Å². The SMILES string of the molecule is CNCC1(c2ccc(OC(F)(F)F)cc2)CCC(O)CC1. The summed E-state index contributed by atoms with van der Waals surface area (Å²) in [5, 5.41) is 12.8. The lowest BCUT2D eigenvalue weighted by molar-refractivity contribution is -0.274. The fourth-order valence-corrected chi connectivity index (χ4v) is 3.07. The van der Waals surface area contributed by atoms with Gasteiger partial charge in [0.2, 0.25) is 0 Å². The van der Waals surface area contributed by atoms with E-state index in [-0.39, 0.29) is 17.3 Å². The molecule has 3 nitrogen and oxygen atoms in total. The minimum absolute atomic E-state index is 0.134. The lowest BCUT2D eigenvalue weighted by atomic mass is 9.68. The van der Waals surface area contributed by atoms with Crippen LogP contribution in [0.2, 0.25) is 0 Å². The van der Waals surface area contributed by atoms with Crippen molar-refractivity contribution in [2.75, 3.05) is 13.6 Å². The van der Waals surface area contributed by atoms with Crippen molar-refractivity contribution >= 4 is 0 Å². The monoisotopic (exact) mass is 303 g/mol. The van der Waals surface area contributed by atoms with Crippen molar-refractivity contribution in [2.24, 2.45) is 0 Å². The minimum atomic E-state index is -4.67. The van der Waals surface area contributed by atoms with E-state index in [1.807, 2.05) is 7.05 Å². The number of alkyl halides is 3. The summed E-state index contributed by atoms with van der Waals surface area (Å²) in [6.07, 6.45) is -1.89. The highest BCUT2D eigenvalue weighted by atomic mass is 19.4. The minimum Gasteiger partial charge on any atom is -0.406 e. The number of aliphatic hydroxyl groups excluding tert-OH is 1. The molecule has 1 saturated carbocycles. The van der Waals surface area contributed by atoms with Crippen LogP contribution in [0.25, 0.3) is 0 Å². The van der Waals surface area contributed by atoms with Crippen LogP contribution >= 0.6 is 0 Å². The Morgan fingerprint density at radius 2 is 1.81 bits per heavy atom. The molecule has 0 amide bonds. The summed E-state index contributed by atoms with van der Waals surface area (Å²) in [6.45, 7) is 0.735. The van der Waals surface area contributed by atoms with Gasteiger partial charge in [0.15, 0.2) is 0 Å². The van der Waals surface area contributed by atoms with Gasteiger partial charge < -0.3 is 15.2 Å². The number of hydrogen-bond donors (Lipinski definition) is 2. The van der Waals surface area contributed by atoms with Crippen molar-refractivity contribution in [1.29, 1.82) is 0 Å². The van der Waals surface area contributed by atoms with Crippen molar-refractivity contribution in [1.82, 2.24) is 5.32 Å². The van der Waals surface area contributed by atoms with Crippen molar-refractivity contribution in [3.05, 3.63) is 29.8 Å². The Morgan fingerprint density at radius 1 is 1.24 bits per heavy atom. The second-order valence-electron chi connectivity index (χ2n) is 5.61. The zero-order valence-electron chi connectivity index (χ0n) is 11.9. The fourth-order valence-electron chi connectivity index (χ4n) is 3.07. The van der Waals surface area contributed by atoms with Crippen molar-refractivity contribution in [3.63, 3.8) is 0 Å². The van der Waals surface area contributed by atoms with Gasteiger partial charge in [0.1, 0.15) is 5.75 Å². The lowest BCUT2D eigenvalue weighted by Crippen LogP contribution is -2.41. The molecule has 1 aromatic carbocycles. The molecule has 1 fully saturated rings. The van der Waals surface area contributed by atoms with Crippen LogP contribution in [-0.2, 0) is 5.41 Å². The Labute approximate surface area is 122 Å². The van der Waals surface area contributed by atoms with Gasteiger partial charge in [-0.1, -0.05) is 12.1 Å². The average Bonchev–Trinajstić information content (AvgIpc) is 2.41. The lowest BCUT2D eigenvalue weighted by Gasteiger charge is -2.39. The first-order valence-electron chi connectivity index (χ1n) is 7.04. The zero-order chi connectivity index (χ0) is 15.5. The number of halogens is 3. The molecule has 1 aliphatic rings. The first-order chi connectivity index (χ1) is 9.85. The number of rotatable bonds is 4. The summed E-state index contributed by atoms with van der Waals surface area (Å²) in [7, 11) is 1.86. The van der Waals surface area contributed by atoms with Gasteiger partial charge in [-0.25, -0.2) is 0 Å². The summed E-state index contributed by atoms with van der Waals surface area (Å²) in [4.78, 5) is 0. The maximum absolute atomic E-state index is 12.2. The quantitative estimate of drug-likeness (QED) is 0.898. The summed E-state index contributed by atoms with van der Waals surface area (Å²) in [6, 6.07) is 6.09. The first kappa shape index (κ1) is 16.1. The maximum Gasteiger partial charge on any atom is 0.573 e. The molecule has 0 bridgehead atoms. The van der Waals surface area contributed by atoms with E-state index in [2.05, 4.69) is 10.1 Å². The molecule has 0 atom stereocenters. The summed E-state index contributed by atoms with van der Waals surface area (Å²) in [5.41, 5.74) is 0.850. The molecule has 0 spiro atoms. The van der Waals surface area contributed by atoms with Crippen molar-refractivity contribution < 1.29 is 23.0 Å². The summed E-state index contributed by atoms with van der Waals surface area (Å²) < 4.78 is 40.4. The molecule has 2 N–H and O–H groups in total. The van der Waals surface area contributed by atoms with E-state index in [0.717, 1.165) is 24.9 Å². The van der Waals surface area contributed by atoms with Gasteiger partial charge in [-0.15, -0.1) is 13.2 Å². The van der Waals surface area contributed by atoms with Crippen LogP contribution < -0.4 is 10.1 Å². The summed E-state index contributed by atoms with van der Waals surface area (Å²) >= 11 is 0. The highest BCUT2D eigenvalue weighted by Gasteiger charge is 2.36. The molecule has 0 unspecified atom stereocenters. The van der Waals surface area contributed by atoms with Gasteiger partial charge >= 0.3 is 6.36 Å². The molecule has 0 heterocycles. The number of benzene rings is 1. The Bertz CT molecular complexity index is 451. The van der Waals surface area contributed by atoms with Crippen LogP contribution in [0.4, 0.5) is 13.2 Å². The number of likely N-dealkylation sites (N-methyl/N-ethyl adjacent to an activating group) is 1. The average molecular weight is 303 g/mol. The molecule has 2 rings (SSSR count). The molecule has 21 heavy (non-hydrogen) atoms. The molecule has 0 saturated heterocycles. The predicted molar refractivity (Wildman–Crippen MR) is 73.2 cm³/mol. The predicted octanol–water partition coefficient (Wildman–Crippen LogP) is 2.98. The van der Waals surface area contributed by atoms with Crippen molar-refractivity contribution in [2.45, 2.75) is 43.6 Å². The Morgan fingerprint density at radius 3 is 2.29 bits per heavy atom. The standard InChI is InChI=1S/C15H20F3NO2/c1-19-10-14(8-6-12(20)7-9-14)11-2-4-13(5-3-11)21-15(16,17)18/h2-5,12,19-20H,6-10H2,1H3. The van der Waals surface area contributed by atoms with Gasteiger partial charge in [0, 0.05) is 12.0 Å². The van der Waals surface area contributed by atoms with E-state index in [9.17, 15) is 18.3 Å². The van der Waals surface area contributed by atoms with E-state index >= 15 is 0 Å². The molecule has 118 valence electrons. The largest absolute Gasteiger partial charge is 0.573 e. The topological polar surface area (TPSA) is 41.5 Å². The highest BCUT2D eigenvalue weighted by Crippen LogP contribution is 2.39. The van der Waals surface area contributed by atoms with Crippen LogP contribution in [0.15, 0.2) is 24.3 Å². The van der Waals surface area contributed by atoms with E-state index in [1.165, 1.54) is 12.1 Å². The normalized spacial score (nSPS) is 26.6. The Balaban J connectivity index is 2.17. The first-order valence-corrected chi connectivity index (χ1v) is 7.04. The number of ether oxygens (including phenoxy) is 1. The molecule has 0 aliphatic heterocycles. The zero-order valence-corrected chi connectivity index (χ0v) is 11.9. The Hall–Kier alpha value is -1.27. The molecule has 6 heteroatoms. The third-order valence-corrected chi connectivity index (χ3v) is 4.13. The maximum atomic E-state index is 12.2. The van der Waals surface area contributed by atoms with E-state index < -0.39 is 6.36 Å². The molecule has 0 aromatic heterocycles. The van der Waals surface area contributed by atoms with Gasteiger partial charge in [-0.3, -0.25) is 0 Å². The third-order valence-electron chi connectivity index (χ3n) is 4.13. The van der Waals surface area contributed by atoms with Crippen LogP contribution in [0.3, 0.4) is 0 Å². The highest BCUT2D eigenvalue weighted by molar-refractivity contribution is 5.33. The van der Waals surface area contributed by atoms with Crippen molar-refractivity contribution in [3.8, 4) is 5.75 Å². The van der Waals surface area contributed by atoms with E-state index in [4.69, 9.17) is 0 Å². The van der Waals surface area contributed by atoms with Gasteiger partial charge in [-0.2, -0.15) is 0 Å². The van der Waals surface area contributed by atoms with Crippen LogP contribution in [-0.4, -0.2) is 31.2 Å². The molecule has 1 aromatic rings. The number of hydrogen-bond acceptors (Lipinski definition) is 3. The second-order valence-corrected chi connectivity index (χ2v) is 5.61. The van der Waals surface area contributed by atoms with E-state index in [1.54, 1.807) is 12.1 Å². The van der Waals surface area contributed by atoms with Crippen LogP contribution in [0, 0.1) is 0 Å². The van der Waals surface area contributed by atoms with Gasteiger partial charge in [0.25, 0.3) is 0 Å². The van der Waals surface area contributed by atoms with Gasteiger partial charge in [-0.05, 0) is 50.4 Å². The molecule has 0 radical (unpaired) electrons. The van der Waals surface area contributed by atoms with Gasteiger partial charge in [0.05, 0.1) is 6.10 Å². The molecule has 1 aliphatic carbocycles.